The predicted octanol–water partition coefficient (Wildman–Crippen LogP) is 4.23. The summed E-state index contributed by atoms with van der Waals surface area (Å²) >= 11 is 0. The minimum atomic E-state index is -0.159. The fourth-order valence-electron chi connectivity index (χ4n) is 4.77. The molecule has 162 valence electrons. The Hall–Kier alpha value is -2.03. The van der Waals surface area contributed by atoms with Crippen LogP contribution in [-0.4, -0.2) is 38.5 Å². The maximum Gasteiger partial charge on any atom is 0.287 e. The number of nitrogens with zero attached hydrogens (tertiary/aromatic N) is 2. The van der Waals surface area contributed by atoms with Gasteiger partial charge < -0.3 is 20.0 Å². The van der Waals surface area contributed by atoms with Crippen LogP contribution in [0.4, 0.5) is 5.69 Å². The summed E-state index contributed by atoms with van der Waals surface area (Å²) in [6.07, 6.45) is 7.49. The lowest BCUT2D eigenvalue weighted by atomic mass is 9.81. The van der Waals surface area contributed by atoms with Crippen molar-refractivity contribution in [1.82, 2.24) is 10.6 Å². The van der Waals surface area contributed by atoms with Gasteiger partial charge in [-0.3, -0.25) is 9.79 Å². The number of fused-ring (bicyclic) bond motifs is 2. The highest BCUT2D eigenvalue weighted by atomic mass is 127. The number of anilines is 1. The van der Waals surface area contributed by atoms with Crippen LogP contribution in [0.5, 0.6) is 0 Å². The number of para-hydroxylation sites is 1. The molecule has 1 amide bonds. The highest BCUT2D eigenvalue weighted by Crippen LogP contribution is 2.50. The molecule has 1 aromatic heterocycles. The van der Waals surface area contributed by atoms with E-state index in [2.05, 4.69) is 44.8 Å². The number of carbonyl (C=O) groups excluding carboxylic acids is 1. The normalized spacial score (nSPS) is 17.0. The summed E-state index contributed by atoms with van der Waals surface area (Å²) in [6.45, 7) is 4.20. The molecule has 30 heavy (non-hydrogen) atoms. The van der Waals surface area contributed by atoms with E-state index in [-0.39, 0.29) is 35.3 Å². The number of amides is 1. The van der Waals surface area contributed by atoms with Crippen molar-refractivity contribution in [2.24, 2.45) is 4.99 Å². The van der Waals surface area contributed by atoms with E-state index < -0.39 is 0 Å². The van der Waals surface area contributed by atoms with Gasteiger partial charge in [-0.1, -0.05) is 31.0 Å². The molecule has 1 fully saturated rings. The number of halogens is 1. The van der Waals surface area contributed by atoms with Gasteiger partial charge in [0.15, 0.2) is 11.7 Å². The van der Waals surface area contributed by atoms with E-state index in [0.29, 0.717) is 12.3 Å². The lowest BCUT2D eigenvalue weighted by Crippen LogP contribution is -2.44. The average molecular weight is 522 g/mol. The van der Waals surface area contributed by atoms with Crippen LogP contribution in [0.25, 0.3) is 0 Å². The molecule has 6 nitrogen and oxygen atoms in total. The van der Waals surface area contributed by atoms with Gasteiger partial charge in [-0.2, -0.15) is 0 Å². The zero-order valence-corrected chi connectivity index (χ0v) is 20.1. The first-order chi connectivity index (χ1) is 14.1. The molecule has 2 aromatic rings. The number of aliphatic imine (C=N–C) groups is 1. The zero-order chi connectivity index (χ0) is 20.3. The van der Waals surface area contributed by atoms with Gasteiger partial charge in [0.1, 0.15) is 0 Å². The number of hydrogen-bond donors (Lipinski definition) is 2. The van der Waals surface area contributed by atoms with E-state index >= 15 is 0 Å². The van der Waals surface area contributed by atoms with Crippen LogP contribution in [0.2, 0.25) is 0 Å². The second-order valence-corrected chi connectivity index (χ2v) is 8.11. The number of rotatable bonds is 5. The van der Waals surface area contributed by atoms with E-state index in [0.717, 1.165) is 31.0 Å². The molecule has 0 unspecified atom stereocenters. The number of nitrogens with one attached hydrogen (secondary N) is 2. The van der Waals surface area contributed by atoms with E-state index in [1.54, 1.807) is 12.3 Å². The predicted molar refractivity (Wildman–Crippen MR) is 131 cm³/mol. The minimum absolute atomic E-state index is 0. The van der Waals surface area contributed by atoms with Crippen LogP contribution < -0.4 is 15.5 Å². The van der Waals surface area contributed by atoms with E-state index in [9.17, 15) is 4.79 Å². The van der Waals surface area contributed by atoms with Gasteiger partial charge in [-0.25, -0.2) is 0 Å². The van der Waals surface area contributed by atoms with E-state index in [1.165, 1.54) is 36.9 Å². The molecule has 2 N–H and O–H groups in total. The van der Waals surface area contributed by atoms with Gasteiger partial charge in [0.05, 0.1) is 6.26 Å². The Morgan fingerprint density at radius 2 is 1.90 bits per heavy atom. The smallest absolute Gasteiger partial charge is 0.287 e. The van der Waals surface area contributed by atoms with Crippen molar-refractivity contribution in [1.29, 1.82) is 0 Å². The Morgan fingerprint density at radius 3 is 2.60 bits per heavy atom. The Balaban J connectivity index is 0.00000256. The first-order valence-corrected chi connectivity index (χ1v) is 10.5. The summed E-state index contributed by atoms with van der Waals surface area (Å²) in [5.41, 5.74) is 3.89. The van der Waals surface area contributed by atoms with Crippen molar-refractivity contribution in [2.45, 2.75) is 44.4 Å². The molecule has 0 bridgehead atoms. The fourth-order valence-corrected chi connectivity index (χ4v) is 4.77. The zero-order valence-electron chi connectivity index (χ0n) is 17.7. The van der Waals surface area contributed by atoms with Crippen molar-refractivity contribution in [3.8, 4) is 0 Å². The van der Waals surface area contributed by atoms with Gasteiger partial charge in [0, 0.05) is 43.3 Å². The Morgan fingerprint density at radius 1 is 1.17 bits per heavy atom. The quantitative estimate of drug-likeness (QED) is 0.267. The summed E-state index contributed by atoms with van der Waals surface area (Å²) in [4.78, 5) is 19.0. The van der Waals surface area contributed by atoms with Gasteiger partial charge in [-0.15, -0.1) is 24.0 Å². The SMILES string of the molecule is CN=C(NCCCNC(=O)c1occc1C)N1CC2(CCCC2)c2ccccc21.I. The number of guanidine groups is 1. The lowest BCUT2D eigenvalue weighted by Gasteiger charge is -2.26. The van der Waals surface area contributed by atoms with E-state index in [1.807, 2.05) is 14.0 Å². The standard InChI is InChI=1S/C23H30N4O2.HI/c1-17-10-15-29-20(17)21(28)25-13-7-14-26-22(24-2)27-16-23(11-5-6-12-23)18-8-3-4-9-19(18)27;/h3-4,8-10,15H,5-7,11-14,16H2,1-2H3,(H,24,26)(H,25,28);1H. The molecule has 1 saturated carbocycles. The number of hydrogen-bond acceptors (Lipinski definition) is 3. The first-order valence-electron chi connectivity index (χ1n) is 10.5. The average Bonchev–Trinajstić information content (AvgIpc) is 3.46. The Kier molecular flexibility index (Phi) is 7.44. The molecule has 1 aliphatic heterocycles. The summed E-state index contributed by atoms with van der Waals surface area (Å²) in [5.74, 6) is 1.15. The molecule has 7 heteroatoms. The summed E-state index contributed by atoms with van der Waals surface area (Å²) in [5, 5.41) is 6.40. The molecule has 1 aliphatic carbocycles. The maximum atomic E-state index is 12.1. The molecule has 1 aromatic carbocycles. The summed E-state index contributed by atoms with van der Waals surface area (Å²) in [7, 11) is 1.84. The molecule has 0 saturated heterocycles. The second-order valence-electron chi connectivity index (χ2n) is 8.11. The molecule has 2 aliphatic rings. The summed E-state index contributed by atoms with van der Waals surface area (Å²) in [6, 6.07) is 10.6. The molecule has 1 spiro atoms. The third-order valence-electron chi connectivity index (χ3n) is 6.25. The number of carbonyl (C=O) groups is 1. The topological polar surface area (TPSA) is 69.9 Å². The van der Waals surface area contributed by atoms with Crippen LogP contribution in [0, 0.1) is 6.92 Å². The van der Waals surface area contributed by atoms with Crippen molar-refractivity contribution < 1.29 is 9.21 Å². The first kappa shape index (κ1) is 22.7. The molecular weight excluding hydrogens is 491 g/mol. The summed E-state index contributed by atoms with van der Waals surface area (Å²) < 4.78 is 5.23. The molecule has 4 rings (SSSR count). The van der Waals surface area contributed by atoms with Crippen LogP contribution in [0.1, 0.15) is 53.8 Å². The third-order valence-corrected chi connectivity index (χ3v) is 6.25. The fraction of sp³-hybridized carbons (Fsp3) is 0.478. The molecule has 2 heterocycles. The van der Waals surface area contributed by atoms with Crippen molar-refractivity contribution in [3.63, 3.8) is 0 Å². The lowest BCUT2D eigenvalue weighted by molar-refractivity contribution is 0.0925. The Bertz CT molecular complexity index is 902. The number of furan rings is 1. The number of benzene rings is 1. The van der Waals surface area contributed by atoms with E-state index in [4.69, 9.17) is 4.42 Å². The highest BCUT2D eigenvalue weighted by molar-refractivity contribution is 14.0. The van der Waals surface area contributed by atoms with Crippen molar-refractivity contribution in [2.75, 3.05) is 31.6 Å². The number of aryl methyl sites for hydroxylation is 1. The molecular formula is C23H31IN4O2. The van der Waals surface area contributed by atoms with Crippen LogP contribution in [0.3, 0.4) is 0 Å². The van der Waals surface area contributed by atoms with Gasteiger partial charge >= 0.3 is 0 Å². The molecule has 0 atom stereocenters. The largest absolute Gasteiger partial charge is 0.459 e. The van der Waals surface area contributed by atoms with Crippen LogP contribution in [0.15, 0.2) is 46.0 Å². The Labute approximate surface area is 195 Å². The van der Waals surface area contributed by atoms with Crippen molar-refractivity contribution >= 4 is 41.5 Å². The van der Waals surface area contributed by atoms with Crippen LogP contribution in [-0.2, 0) is 5.41 Å². The monoisotopic (exact) mass is 522 g/mol. The third kappa shape index (κ3) is 4.36. The highest BCUT2D eigenvalue weighted by Gasteiger charge is 2.45. The van der Waals surface area contributed by atoms with Gasteiger partial charge in [0.25, 0.3) is 5.91 Å². The maximum absolute atomic E-state index is 12.1. The van der Waals surface area contributed by atoms with Gasteiger partial charge in [0.2, 0.25) is 0 Å². The second kappa shape index (κ2) is 9.85. The molecule has 0 radical (unpaired) electrons. The van der Waals surface area contributed by atoms with Crippen molar-refractivity contribution in [3.05, 3.63) is 53.5 Å². The van der Waals surface area contributed by atoms with Crippen LogP contribution >= 0.6 is 24.0 Å². The van der Waals surface area contributed by atoms with Gasteiger partial charge in [-0.05, 0) is 43.9 Å². The minimum Gasteiger partial charge on any atom is -0.459 e.